The van der Waals surface area contributed by atoms with Crippen LogP contribution in [0.15, 0.2) is 84.9 Å². The Morgan fingerprint density at radius 1 is 0.853 bits per heavy atom. The topological polar surface area (TPSA) is 49.4 Å². The molecular formula is C29H31FN2O2. The number of nitrogens with one attached hydrogen (secondary N) is 1. The van der Waals surface area contributed by atoms with Crippen molar-refractivity contribution in [2.75, 3.05) is 13.1 Å². The number of halogens is 1. The minimum atomic E-state index is -0.316. The van der Waals surface area contributed by atoms with Crippen LogP contribution in [0, 0.1) is 5.82 Å². The number of hydrogen-bond acceptors (Lipinski definition) is 2. The lowest BCUT2D eigenvalue weighted by Crippen LogP contribution is -2.47. The number of hydrogen-bond donors (Lipinski definition) is 1. The fourth-order valence-corrected chi connectivity index (χ4v) is 4.81. The summed E-state index contributed by atoms with van der Waals surface area (Å²) in [7, 11) is 0. The number of likely N-dealkylation sites (tertiary alicyclic amines) is 1. The van der Waals surface area contributed by atoms with Crippen molar-refractivity contribution in [2.45, 2.75) is 44.1 Å². The lowest BCUT2D eigenvalue weighted by Gasteiger charge is -2.42. The van der Waals surface area contributed by atoms with E-state index >= 15 is 0 Å². The van der Waals surface area contributed by atoms with E-state index in [1.807, 2.05) is 53.4 Å². The quantitative estimate of drug-likeness (QED) is 0.515. The average Bonchev–Trinajstić information content (AvgIpc) is 2.88. The van der Waals surface area contributed by atoms with Crippen LogP contribution in [0.3, 0.4) is 0 Å². The molecule has 1 N–H and O–H groups in total. The third-order valence-electron chi connectivity index (χ3n) is 6.81. The smallest absolute Gasteiger partial charge is 0.222 e. The third-order valence-corrected chi connectivity index (χ3v) is 6.81. The van der Waals surface area contributed by atoms with Crippen molar-refractivity contribution in [3.63, 3.8) is 0 Å². The number of carbonyl (C=O) groups is 2. The number of piperidine rings is 1. The molecule has 34 heavy (non-hydrogen) atoms. The molecule has 5 heteroatoms. The van der Waals surface area contributed by atoms with E-state index in [1.54, 1.807) is 12.1 Å². The first-order valence-electron chi connectivity index (χ1n) is 11.9. The van der Waals surface area contributed by atoms with Crippen LogP contribution in [0.25, 0.3) is 0 Å². The zero-order valence-electron chi connectivity index (χ0n) is 19.4. The summed E-state index contributed by atoms with van der Waals surface area (Å²) in [5, 5.41) is 2.95. The van der Waals surface area contributed by atoms with Gasteiger partial charge in [-0.15, -0.1) is 0 Å². The molecule has 0 aromatic heterocycles. The van der Waals surface area contributed by atoms with Crippen molar-refractivity contribution in [1.29, 1.82) is 0 Å². The van der Waals surface area contributed by atoms with Crippen LogP contribution in [0.1, 0.15) is 42.4 Å². The molecular weight excluding hydrogens is 427 g/mol. The van der Waals surface area contributed by atoms with Crippen LogP contribution >= 0.6 is 0 Å². The fraction of sp³-hybridized carbons (Fsp3) is 0.310. The van der Waals surface area contributed by atoms with Gasteiger partial charge in [0.05, 0.1) is 0 Å². The summed E-state index contributed by atoms with van der Waals surface area (Å²) in [6, 6.07) is 26.5. The van der Waals surface area contributed by atoms with Crippen LogP contribution in [-0.2, 0) is 28.0 Å². The van der Waals surface area contributed by atoms with E-state index in [0.717, 1.165) is 30.4 Å². The normalized spacial score (nSPS) is 15.0. The van der Waals surface area contributed by atoms with Crippen molar-refractivity contribution in [2.24, 2.45) is 0 Å². The van der Waals surface area contributed by atoms with Gasteiger partial charge in [0.2, 0.25) is 11.8 Å². The Hall–Kier alpha value is -3.47. The van der Waals surface area contributed by atoms with Crippen LogP contribution in [0.4, 0.5) is 4.39 Å². The molecule has 4 nitrogen and oxygen atoms in total. The Bertz CT molecular complexity index is 1090. The summed E-state index contributed by atoms with van der Waals surface area (Å²) in [5.74, 6) is -0.199. The molecule has 0 spiro atoms. The number of amides is 2. The number of benzene rings is 3. The van der Waals surface area contributed by atoms with Gasteiger partial charge < -0.3 is 10.2 Å². The summed E-state index contributed by atoms with van der Waals surface area (Å²) in [4.78, 5) is 27.7. The maximum Gasteiger partial charge on any atom is 0.222 e. The molecule has 1 fully saturated rings. The van der Waals surface area contributed by atoms with Gasteiger partial charge >= 0.3 is 0 Å². The van der Waals surface area contributed by atoms with E-state index in [2.05, 4.69) is 17.4 Å². The number of carbonyl (C=O) groups excluding carboxylic acids is 2. The van der Waals surface area contributed by atoms with E-state index < -0.39 is 0 Å². The van der Waals surface area contributed by atoms with Gasteiger partial charge in [-0.3, -0.25) is 9.59 Å². The highest BCUT2D eigenvalue weighted by Crippen LogP contribution is 2.39. The number of rotatable bonds is 8. The van der Waals surface area contributed by atoms with E-state index in [4.69, 9.17) is 0 Å². The molecule has 1 heterocycles. The lowest BCUT2D eigenvalue weighted by atomic mass is 9.70. The zero-order chi connectivity index (χ0) is 23.8. The Morgan fingerprint density at radius 2 is 1.50 bits per heavy atom. The number of aryl methyl sites for hydroxylation is 1. The van der Waals surface area contributed by atoms with Gasteiger partial charge in [-0.1, -0.05) is 72.8 Å². The molecule has 3 aromatic carbocycles. The van der Waals surface area contributed by atoms with Crippen molar-refractivity contribution < 1.29 is 14.0 Å². The lowest BCUT2D eigenvalue weighted by molar-refractivity contribution is -0.133. The highest BCUT2D eigenvalue weighted by atomic mass is 19.1. The average molecular weight is 459 g/mol. The van der Waals surface area contributed by atoms with Gasteiger partial charge in [-0.25, -0.2) is 4.39 Å². The maximum absolute atomic E-state index is 13.5. The van der Waals surface area contributed by atoms with Crippen LogP contribution in [0.5, 0.6) is 0 Å². The van der Waals surface area contributed by atoms with E-state index in [0.29, 0.717) is 32.5 Å². The third kappa shape index (κ3) is 6.10. The monoisotopic (exact) mass is 458 g/mol. The summed E-state index contributed by atoms with van der Waals surface area (Å²) in [5.41, 5.74) is 2.72. The molecule has 0 bridgehead atoms. The predicted molar refractivity (Wildman–Crippen MR) is 132 cm³/mol. The highest BCUT2D eigenvalue weighted by Gasteiger charge is 2.39. The Kier molecular flexibility index (Phi) is 7.73. The summed E-state index contributed by atoms with van der Waals surface area (Å²) < 4.78 is 13.5. The summed E-state index contributed by atoms with van der Waals surface area (Å²) in [6.07, 6.45) is 3.06. The second kappa shape index (κ2) is 11.1. The molecule has 0 radical (unpaired) electrons. The first-order valence-corrected chi connectivity index (χ1v) is 11.9. The van der Waals surface area contributed by atoms with Gasteiger partial charge in [0, 0.05) is 37.9 Å². The molecule has 1 aliphatic heterocycles. The van der Waals surface area contributed by atoms with Crippen LogP contribution < -0.4 is 5.32 Å². The molecule has 0 unspecified atom stereocenters. The molecule has 4 rings (SSSR count). The minimum absolute atomic E-state index is 0.0584. The highest BCUT2D eigenvalue weighted by molar-refractivity contribution is 5.78. The van der Waals surface area contributed by atoms with Gasteiger partial charge in [0.15, 0.2) is 0 Å². The largest absolute Gasteiger partial charge is 0.352 e. The van der Waals surface area contributed by atoms with Gasteiger partial charge in [-0.2, -0.15) is 0 Å². The Balaban J connectivity index is 1.38. The fourth-order valence-electron chi connectivity index (χ4n) is 4.81. The first kappa shape index (κ1) is 23.7. The van der Waals surface area contributed by atoms with Crippen molar-refractivity contribution in [1.82, 2.24) is 10.2 Å². The molecule has 0 saturated carbocycles. The second-order valence-corrected chi connectivity index (χ2v) is 9.10. The summed E-state index contributed by atoms with van der Waals surface area (Å²) in [6.45, 7) is 1.57. The van der Waals surface area contributed by atoms with Gasteiger partial charge in [0.1, 0.15) is 5.82 Å². The molecule has 0 atom stereocenters. The first-order chi connectivity index (χ1) is 16.5. The van der Waals surface area contributed by atoms with Gasteiger partial charge in [-0.05, 0) is 48.1 Å². The Labute approximate surface area is 200 Å². The SMILES string of the molecule is O=C(CC1(c2ccccc2)CCN(C(=O)CCc2ccccc2)CC1)NCc1cccc(F)c1. The van der Waals surface area contributed by atoms with E-state index in [9.17, 15) is 14.0 Å². The maximum atomic E-state index is 13.5. The van der Waals surface area contributed by atoms with Crippen molar-refractivity contribution >= 4 is 11.8 Å². The molecule has 1 aliphatic rings. The van der Waals surface area contributed by atoms with E-state index in [1.165, 1.54) is 17.7 Å². The van der Waals surface area contributed by atoms with Crippen molar-refractivity contribution in [3.8, 4) is 0 Å². The Morgan fingerprint density at radius 3 is 2.18 bits per heavy atom. The number of nitrogens with zero attached hydrogens (tertiary/aromatic N) is 1. The molecule has 3 aromatic rings. The van der Waals surface area contributed by atoms with E-state index in [-0.39, 0.29) is 23.0 Å². The predicted octanol–water partition coefficient (Wildman–Crippen LogP) is 5.03. The summed E-state index contributed by atoms with van der Waals surface area (Å²) >= 11 is 0. The molecule has 2 amide bonds. The molecule has 0 aliphatic carbocycles. The molecule has 1 saturated heterocycles. The van der Waals surface area contributed by atoms with Gasteiger partial charge in [0.25, 0.3) is 0 Å². The van der Waals surface area contributed by atoms with Crippen LogP contribution in [0.2, 0.25) is 0 Å². The zero-order valence-corrected chi connectivity index (χ0v) is 19.4. The molecule has 176 valence electrons. The minimum Gasteiger partial charge on any atom is -0.352 e. The van der Waals surface area contributed by atoms with Crippen LogP contribution in [-0.4, -0.2) is 29.8 Å². The second-order valence-electron chi connectivity index (χ2n) is 9.10. The van der Waals surface area contributed by atoms with Crippen molar-refractivity contribution in [3.05, 3.63) is 107 Å². The standard InChI is InChI=1S/C29H31FN2O2/c30-26-13-7-10-24(20-26)22-31-27(33)21-29(25-11-5-2-6-12-25)16-18-32(19-17-29)28(34)15-14-23-8-3-1-4-9-23/h1-13,20H,14-19,21-22H2,(H,31,33).